The predicted molar refractivity (Wildman–Crippen MR) is 47.1 cm³/mol. The summed E-state index contributed by atoms with van der Waals surface area (Å²) in [6, 6.07) is 1.79. The zero-order valence-corrected chi connectivity index (χ0v) is 7.63. The molecule has 11 heavy (non-hydrogen) atoms. The van der Waals surface area contributed by atoms with Crippen LogP contribution in [0.25, 0.3) is 0 Å². The largest absolute Gasteiger partial charge is 0.396 e. The Morgan fingerprint density at radius 3 is 2.91 bits per heavy atom. The lowest BCUT2D eigenvalue weighted by atomic mass is 10.2. The average molecular weight is 219 g/mol. The van der Waals surface area contributed by atoms with Crippen LogP contribution in [0.4, 0.5) is 0 Å². The third kappa shape index (κ3) is 2.05. The van der Waals surface area contributed by atoms with Gasteiger partial charge in [-0.25, -0.2) is 0 Å². The molecular formula is C7H11BrN2O. The maximum absolute atomic E-state index is 8.62. The minimum absolute atomic E-state index is 0.107. The van der Waals surface area contributed by atoms with Crippen molar-refractivity contribution in [3.05, 3.63) is 22.4 Å². The van der Waals surface area contributed by atoms with Gasteiger partial charge < -0.3 is 15.8 Å². The molecule has 1 aromatic rings. The standard InChI is InChI=1S/C7H11BrN2O/c8-5-1-3-10-7(5)6(9)2-4-11/h1,3,6,10-11H,2,4,9H2/t6-/m1/s1. The number of aromatic nitrogens is 1. The summed E-state index contributed by atoms with van der Waals surface area (Å²) >= 11 is 3.34. The lowest BCUT2D eigenvalue weighted by Gasteiger charge is -2.07. The SMILES string of the molecule is N[C@H](CCO)c1[nH]ccc1Br. The van der Waals surface area contributed by atoms with Crippen LogP contribution in [0.1, 0.15) is 18.2 Å². The van der Waals surface area contributed by atoms with Crippen molar-refractivity contribution in [1.82, 2.24) is 4.98 Å². The molecular weight excluding hydrogens is 208 g/mol. The molecule has 0 unspecified atom stereocenters. The topological polar surface area (TPSA) is 62.0 Å². The molecule has 0 bridgehead atoms. The second-order valence-corrected chi connectivity index (χ2v) is 3.21. The number of hydrogen-bond acceptors (Lipinski definition) is 2. The average Bonchev–Trinajstić information content (AvgIpc) is 2.36. The van der Waals surface area contributed by atoms with Crippen LogP contribution in [0.2, 0.25) is 0 Å². The van der Waals surface area contributed by atoms with Gasteiger partial charge in [0.05, 0.1) is 0 Å². The van der Waals surface area contributed by atoms with Gasteiger partial charge in [-0.05, 0) is 28.4 Å². The molecule has 0 spiro atoms. The van der Waals surface area contributed by atoms with Gasteiger partial charge in [0.25, 0.3) is 0 Å². The van der Waals surface area contributed by atoms with Crippen LogP contribution < -0.4 is 5.73 Å². The van der Waals surface area contributed by atoms with Crippen LogP contribution in [0.5, 0.6) is 0 Å². The highest BCUT2D eigenvalue weighted by Crippen LogP contribution is 2.21. The number of rotatable bonds is 3. The predicted octanol–water partition coefficient (Wildman–Crippen LogP) is 1.16. The highest BCUT2D eigenvalue weighted by molar-refractivity contribution is 9.10. The van der Waals surface area contributed by atoms with E-state index in [0.29, 0.717) is 6.42 Å². The molecule has 0 aliphatic rings. The molecule has 0 aromatic carbocycles. The Labute approximate surface area is 73.7 Å². The molecule has 0 saturated heterocycles. The number of halogens is 1. The summed E-state index contributed by atoms with van der Waals surface area (Å²) < 4.78 is 0.971. The molecule has 62 valence electrons. The molecule has 1 aromatic heterocycles. The number of nitrogens with one attached hydrogen (secondary N) is 1. The Morgan fingerprint density at radius 2 is 2.45 bits per heavy atom. The monoisotopic (exact) mass is 218 g/mol. The number of hydrogen-bond donors (Lipinski definition) is 3. The molecule has 0 radical (unpaired) electrons. The van der Waals surface area contributed by atoms with Gasteiger partial charge in [-0.15, -0.1) is 0 Å². The molecule has 4 heteroatoms. The molecule has 0 saturated carbocycles. The van der Waals surface area contributed by atoms with E-state index in [-0.39, 0.29) is 12.6 Å². The van der Waals surface area contributed by atoms with Crippen LogP contribution in [-0.4, -0.2) is 16.7 Å². The summed E-state index contributed by atoms with van der Waals surface area (Å²) in [7, 11) is 0. The zero-order chi connectivity index (χ0) is 8.27. The minimum atomic E-state index is -0.107. The lowest BCUT2D eigenvalue weighted by Crippen LogP contribution is -2.12. The molecule has 3 nitrogen and oxygen atoms in total. The first-order valence-electron chi connectivity index (χ1n) is 3.45. The van der Waals surface area contributed by atoms with Crippen LogP contribution in [0.3, 0.4) is 0 Å². The fourth-order valence-electron chi connectivity index (χ4n) is 0.931. The van der Waals surface area contributed by atoms with Gasteiger partial charge in [0.1, 0.15) is 0 Å². The highest BCUT2D eigenvalue weighted by atomic mass is 79.9. The van der Waals surface area contributed by atoms with Gasteiger partial charge in [-0.3, -0.25) is 0 Å². The first kappa shape index (κ1) is 8.77. The van der Waals surface area contributed by atoms with E-state index in [9.17, 15) is 0 Å². The summed E-state index contributed by atoms with van der Waals surface area (Å²) in [4.78, 5) is 3.01. The Bertz CT molecular complexity index is 224. The van der Waals surface area contributed by atoms with Crippen molar-refractivity contribution in [3.8, 4) is 0 Å². The minimum Gasteiger partial charge on any atom is -0.396 e. The van der Waals surface area contributed by atoms with Gasteiger partial charge in [0.15, 0.2) is 0 Å². The van der Waals surface area contributed by atoms with Crippen molar-refractivity contribution >= 4 is 15.9 Å². The number of aromatic amines is 1. The van der Waals surface area contributed by atoms with Gasteiger partial charge in [-0.1, -0.05) is 0 Å². The van der Waals surface area contributed by atoms with Gasteiger partial charge >= 0.3 is 0 Å². The first-order chi connectivity index (χ1) is 5.25. The quantitative estimate of drug-likeness (QED) is 0.714. The molecule has 0 aliphatic carbocycles. The summed E-state index contributed by atoms with van der Waals surface area (Å²) in [6.45, 7) is 0.118. The lowest BCUT2D eigenvalue weighted by molar-refractivity contribution is 0.275. The van der Waals surface area contributed by atoms with Gasteiger partial charge in [0.2, 0.25) is 0 Å². The van der Waals surface area contributed by atoms with E-state index in [1.54, 1.807) is 0 Å². The van der Waals surface area contributed by atoms with Crippen molar-refractivity contribution in [3.63, 3.8) is 0 Å². The third-order valence-electron chi connectivity index (χ3n) is 1.54. The Morgan fingerprint density at radius 1 is 1.73 bits per heavy atom. The van der Waals surface area contributed by atoms with Gasteiger partial charge in [-0.2, -0.15) is 0 Å². The van der Waals surface area contributed by atoms with Crippen LogP contribution in [0, 0.1) is 0 Å². The van der Waals surface area contributed by atoms with E-state index in [1.807, 2.05) is 12.3 Å². The van der Waals surface area contributed by atoms with Crippen molar-refractivity contribution in [1.29, 1.82) is 0 Å². The van der Waals surface area contributed by atoms with E-state index in [0.717, 1.165) is 10.2 Å². The summed E-state index contributed by atoms with van der Waals surface area (Å²) in [5.74, 6) is 0. The van der Waals surface area contributed by atoms with E-state index in [2.05, 4.69) is 20.9 Å². The molecule has 0 amide bonds. The van der Waals surface area contributed by atoms with Gasteiger partial charge in [0, 0.05) is 29.0 Å². The van der Waals surface area contributed by atoms with Crippen molar-refractivity contribution in [2.45, 2.75) is 12.5 Å². The van der Waals surface area contributed by atoms with Crippen molar-refractivity contribution < 1.29 is 5.11 Å². The van der Waals surface area contributed by atoms with Crippen LogP contribution in [-0.2, 0) is 0 Å². The Hall–Kier alpha value is -0.320. The Balaban J connectivity index is 2.67. The normalized spacial score (nSPS) is 13.4. The summed E-state index contributed by atoms with van der Waals surface area (Å²) in [5, 5.41) is 8.62. The smallest absolute Gasteiger partial charge is 0.0481 e. The molecule has 1 heterocycles. The fourth-order valence-corrected chi connectivity index (χ4v) is 1.47. The number of aliphatic hydroxyl groups is 1. The Kier molecular flexibility index (Phi) is 3.11. The second-order valence-electron chi connectivity index (χ2n) is 2.36. The maximum Gasteiger partial charge on any atom is 0.0481 e. The third-order valence-corrected chi connectivity index (χ3v) is 2.23. The van der Waals surface area contributed by atoms with Crippen molar-refractivity contribution in [2.24, 2.45) is 5.73 Å². The van der Waals surface area contributed by atoms with E-state index >= 15 is 0 Å². The second kappa shape index (κ2) is 3.90. The molecule has 0 fully saturated rings. The summed E-state index contributed by atoms with van der Waals surface area (Å²) in [6.07, 6.45) is 2.40. The summed E-state index contributed by atoms with van der Waals surface area (Å²) in [5.41, 5.74) is 6.67. The van der Waals surface area contributed by atoms with E-state index in [1.165, 1.54) is 0 Å². The van der Waals surface area contributed by atoms with Crippen LogP contribution >= 0.6 is 15.9 Å². The van der Waals surface area contributed by atoms with Crippen molar-refractivity contribution in [2.75, 3.05) is 6.61 Å². The van der Waals surface area contributed by atoms with E-state index in [4.69, 9.17) is 10.8 Å². The molecule has 0 aliphatic heterocycles. The van der Waals surface area contributed by atoms with E-state index < -0.39 is 0 Å². The first-order valence-corrected chi connectivity index (χ1v) is 4.24. The maximum atomic E-state index is 8.62. The zero-order valence-electron chi connectivity index (χ0n) is 6.05. The molecule has 1 rings (SSSR count). The molecule has 1 atom stereocenters. The number of H-pyrrole nitrogens is 1. The number of aliphatic hydroxyl groups excluding tert-OH is 1. The number of nitrogens with two attached hydrogens (primary N) is 1. The van der Waals surface area contributed by atoms with Crippen LogP contribution in [0.15, 0.2) is 16.7 Å². The highest BCUT2D eigenvalue weighted by Gasteiger charge is 2.09. The fraction of sp³-hybridized carbons (Fsp3) is 0.429. The molecule has 4 N–H and O–H groups in total.